The van der Waals surface area contributed by atoms with Gasteiger partial charge in [-0.2, -0.15) is 17.2 Å². The number of aliphatic hydroxyl groups is 1. The maximum absolute atomic E-state index is 13.4. The van der Waals surface area contributed by atoms with Gasteiger partial charge >= 0.3 is 27.3 Å². The maximum atomic E-state index is 13.4. The van der Waals surface area contributed by atoms with Crippen molar-refractivity contribution < 1.29 is 59.8 Å². The van der Waals surface area contributed by atoms with Crippen LogP contribution in [0.25, 0.3) is 0 Å². The van der Waals surface area contributed by atoms with Gasteiger partial charge in [-0.25, -0.2) is 9.18 Å². The summed E-state index contributed by atoms with van der Waals surface area (Å²) < 4.78 is 89.6. The Morgan fingerprint density at radius 2 is 1.90 bits per heavy atom. The van der Waals surface area contributed by atoms with Gasteiger partial charge in [0.25, 0.3) is 0 Å². The molecule has 0 aromatic carbocycles. The average Bonchev–Trinajstić information content (AvgIpc) is 3.20. The van der Waals surface area contributed by atoms with Crippen LogP contribution in [0.15, 0.2) is 0 Å². The monoisotopic (exact) mass is 462 g/mol. The number of hydrogen-bond acceptors (Lipinski definition) is 9. The quantitative estimate of drug-likeness (QED) is 0.350. The van der Waals surface area contributed by atoms with E-state index in [1.807, 2.05) is 0 Å². The van der Waals surface area contributed by atoms with Crippen LogP contribution in [0.2, 0.25) is 0 Å². The molecule has 2 N–H and O–H groups in total. The zero-order chi connectivity index (χ0) is 22.6. The highest BCUT2D eigenvalue weighted by Gasteiger charge is 2.71. The number of fused-ring (bicyclic) bond motifs is 1. The Morgan fingerprint density at radius 1 is 1.27 bits per heavy atom. The molecule has 0 aliphatic carbocycles. The third-order valence-corrected chi connectivity index (χ3v) is 6.40. The molecule has 30 heavy (non-hydrogen) atoms. The van der Waals surface area contributed by atoms with Gasteiger partial charge in [0.15, 0.2) is 12.3 Å². The van der Waals surface area contributed by atoms with E-state index >= 15 is 0 Å². The number of carbonyl (C=O) groups is 2. The highest BCUT2D eigenvalue weighted by atomic mass is 32.2. The van der Waals surface area contributed by atoms with Crippen molar-refractivity contribution in [2.45, 2.75) is 61.7 Å². The van der Waals surface area contributed by atoms with Crippen molar-refractivity contribution in [3.8, 4) is 0 Å². The third-order valence-electron chi connectivity index (χ3n) is 5.46. The van der Waals surface area contributed by atoms with Crippen LogP contribution in [0, 0.1) is 11.8 Å². The first-order valence-electron chi connectivity index (χ1n) is 9.00. The molecule has 7 atom stereocenters. The average molecular weight is 462 g/mol. The van der Waals surface area contributed by atoms with E-state index in [9.17, 15) is 36.3 Å². The normalized spacial score (nSPS) is 34.2. The molecule has 0 aromatic rings. The second-order valence-electron chi connectivity index (χ2n) is 7.96. The minimum atomic E-state index is -5.95. The van der Waals surface area contributed by atoms with Crippen LogP contribution in [-0.2, 0) is 38.7 Å². The largest absolute Gasteiger partial charge is 0.464 e. The van der Waals surface area contributed by atoms with Gasteiger partial charge in [-0.1, -0.05) is 0 Å². The number of alkyl halides is 3. The number of carbonyl (C=O) groups excluding carboxylic acids is 2. The number of hydrogen-bond donors (Lipinski definition) is 2. The summed E-state index contributed by atoms with van der Waals surface area (Å²) in [5.41, 5.74) is -1.30. The van der Waals surface area contributed by atoms with Gasteiger partial charge in [-0.15, -0.1) is 0 Å². The summed E-state index contributed by atoms with van der Waals surface area (Å²) in [7, 11) is -5.95. The lowest BCUT2D eigenvalue weighted by Gasteiger charge is -2.35. The fourth-order valence-corrected chi connectivity index (χ4v) is 4.61. The van der Waals surface area contributed by atoms with E-state index in [-0.39, 0.29) is 0 Å². The Hall–Kier alpha value is -1.48. The van der Waals surface area contributed by atoms with Crippen LogP contribution in [0.4, 0.5) is 13.2 Å². The van der Waals surface area contributed by atoms with E-state index in [0.717, 1.165) is 0 Å². The topological polar surface area (TPSA) is 146 Å². The lowest BCUT2D eigenvalue weighted by Crippen LogP contribution is -2.51. The van der Waals surface area contributed by atoms with Gasteiger partial charge in [-0.3, -0.25) is 9.35 Å². The summed E-state index contributed by atoms with van der Waals surface area (Å²) in [6.45, 7) is 1.40. The van der Waals surface area contributed by atoms with Crippen molar-refractivity contribution in [3.63, 3.8) is 0 Å². The Morgan fingerprint density at radius 3 is 2.47 bits per heavy atom. The van der Waals surface area contributed by atoms with E-state index in [0.29, 0.717) is 0 Å². The van der Waals surface area contributed by atoms with Crippen LogP contribution in [-0.4, -0.2) is 84.7 Å². The van der Waals surface area contributed by atoms with E-state index in [2.05, 4.69) is 4.74 Å². The van der Waals surface area contributed by atoms with Crippen molar-refractivity contribution in [1.29, 1.82) is 0 Å². The molecule has 7 unspecified atom stereocenters. The Balaban J connectivity index is 1.51. The molecule has 3 fully saturated rings. The predicted molar refractivity (Wildman–Crippen MR) is 88.5 cm³/mol. The summed E-state index contributed by atoms with van der Waals surface area (Å²) in [5, 5.41) is 5.33. The van der Waals surface area contributed by atoms with E-state index in [1.165, 1.54) is 13.8 Å². The molecule has 3 heterocycles. The van der Waals surface area contributed by atoms with Crippen molar-refractivity contribution in [1.82, 2.24) is 0 Å². The van der Waals surface area contributed by atoms with Gasteiger partial charge in [0.05, 0.1) is 24.2 Å². The molecule has 2 bridgehead atoms. The lowest BCUT2D eigenvalue weighted by molar-refractivity contribution is -0.157. The van der Waals surface area contributed by atoms with Crippen molar-refractivity contribution in [2.75, 3.05) is 13.2 Å². The summed E-state index contributed by atoms with van der Waals surface area (Å²) in [4.78, 5) is 23.8. The molecule has 14 heteroatoms. The van der Waals surface area contributed by atoms with Crippen LogP contribution < -0.4 is 0 Å². The summed E-state index contributed by atoms with van der Waals surface area (Å²) in [6, 6.07) is 0. The first-order valence-corrected chi connectivity index (χ1v) is 10.4. The minimum Gasteiger partial charge on any atom is -0.464 e. The van der Waals surface area contributed by atoms with Crippen molar-refractivity contribution >= 4 is 22.1 Å². The smallest absolute Gasteiger partial charge is 0.400 e. The Bertz CT molecular complexity index is 811. The minimum absolute atomic E-state index is 0.540. The summed E-state index contributed by atoms with van der Waals surface area (Å²) >= 11 is 0. The first-order chi connectivity index (χ1) is 13.7. The Labute approximate surface area is 169 Å². The van der Waals surface area contributed by atoms with Gasteiger partial charge < -0.3 is 24.1 Å². The van der Waals surface area contributed by atoms with E-state index in [1.54, 1.807) is 0 Å². The lowest BCUT2D eigenvalue weighted by atomic mass is 9.71. The highest BCUT2D eigenvalue weighted by molar-refractivity contribution is 7.86. The molecule has 0 radical (unpaired) electrons. The SMILES string of the molecule is CC(C)(O)C1C2OC3C(OC(=O)C31)C2OCC(=O)OCCC(F)C(F)(F)S(=O)(=O)O. The molecule has 3 aliphatic heterocycles. The zero-order valence-corrected chi connectivity index (χ0v) is 16.7. The van der Waals surface area contributed by atoms with Gasteiger partial charge in [0, 0.05) is 12.3 Å². The molecule has 10 nitrogen and oxygen atoms in total. The van der Waals surface area contributed by atoms with Crippen molar-refractivity contribution in [2.24, 2.45) is 11.8 Å². The summed E-state index contributed by atoms with van der Waals surface area (Å²) in [5.74, 6) is -2.90. The molecular weight excluding hydrogens is 441 g/mol. The first kappa shape index (κ1) is 23.2. The molecule has 0 saturated carbocycles. The number of halogens is 3. The van der Waals surface area contributed by atoms with Crippen LogP contribution in [0.3, 0.4) is 0 Å². The Kier molecular flexibility index (Phi) is 5.86. The van der Waals surface area contributed by atoms with E-state index < -0.39 is 95.0 Å². The van der Waals surface area contributed by atoms with Crippen LogP contribution >= 0.6 is 0 Å². The van der Waals surface area contributed by atoms with Gasteiger partial charge in [0.2, 0.25) is 0 Å². The fraction of sp³-hybridized carbons (Fsp3) is 0.875. The second-order valence-corrected chi connectivity index (χ2v) is 9.46. The number of ether oxygens (including phenoxy) is 4. The standard InChI is InChI=1S/C16H21F3O10S/c1-15(2,22)9-8-10-13(29-14(8)21)12(11(9)28-10)27-5-7(20)26-4-3-6(17)16(18,19)30(23,24)25/h6,8-13,22H,3-5H2,1-2H3,(H,23,24,25). The molecule has 172 valence electrons. The highest BCUT2D eigenvalue weighted by Crippen LogP contribution is 2.54. The maximum Gasteiger partial charge on any atom is 0.400 e. The number of esters is 2. The van der Waals surface area contributed by atoms with Crippen LogP contribution in [0.5, 0.6) is 0 Å². The molecular formula is C16H21F3O10S. The van der Waals surface area contributed by atoms with Gasteiger partial charge in [0.1, 0.15) is 18.8 Å². The molecule has 0 amide bonds. The molecule has 0 aromatic heterocycles. The molecule has 3 aliphatic rings. The molecule has 3 rings (SSSR count). The van der Waals surface area contributed by atoms with Crippen molar-refractivity contribution in [3.05, 3.63) is 0 Å². The molecule has 3 saturated heterocycles. The van der Waals surface area contributed by atoms with Gasteiger partial charge in [-0.05, 0) is 13.8 Å². The zero-order valence-electron chi connectivity index (χ0n) is 15.9. The summed E-state index contributed by atoms with van der Waals surface area (Å²) in [6.07, 6.45) is -7.48. The van der Waals surface area contributed by atoms with E-state index in [4.69, 9.17) is 18.8 Å². The van der Waals surface area contributed by atoms with Crippen LogP contribution in [0.1, 0.15) is 20.3 Å². The number of rotatable bonds is 9. The fourth-order valence-electron chi connectivity index (χ4n) is 4.17. The third kappa shape index (κ3) is 3.90. The second kappa shape index (κ2) is 7.58. The predicted octanol–water partition coefficient (Wildman–Crippen LogP) is -0.167. The molecule has 0 spiro atoms.